The molecule has 2 heterocycles. The van der Waals surface area contributed by atoms with E-state index in [-0.39, 0.29) is 35.8 Å². The van der Waals surface area contributed by atoms with Gasteiger partial charge in [-0.15, -0.1) is 11.8 Å². The first kappa shape index (κ1) is 21.4. The summed E-state index contributed by atoms with van der Waals surface area (Å²) in [5, 5.41) is 58.2. The highest BCUT2D eigenvalue weighted by molar-refractivity contribution is 7.97. The van der Waals surface area contributed by atoms with Crippen LogP contribution in [0.25, 0.3) is 0 Å². The number of rotatable bonds is 8. The largest absolute Gasteiger partial charge is 0.506 e. The molecule has 27 heavy (non-hydrogen) atoms. The van der Waals surface area contributed by atoms with Gasteiger partial charge in [0.1, 0.15) is 11.5 Å². The number of aromatic hydroxyl groups is 2. The summed E-state index contributed by atoms with van der Waals surface area (Å²) in [5.74, 6) is 0.512. The third kappa shape index (κ3) is 4.33. The van der Waals surface area contributed by atoms with Crippen molar-refractivity contribution in [3.63, 3.8) is 0 Å². The number of aliphatic hydroxyl groups is 4. The Morgan fingerprint density at radius 1 is 0.630 bits per heavy atom. The van der Waals surface area contributed by atoms with Crippen LogP contribution in [0.4, 0.5) is 0 Å². The van der Waals surface area contributed by atoms with E-state index in [0.29, 0.717) is 45.4 Å². The minimum atomic E-state index is -0.407. The summed E-state index contributed by atoms with van der Waals surface area (Å²) in [6.45, 7) is 1.70. The lowest BCUT2D eigenvalue weighted by molar-refractivity contribution is 0.253. The van der Waals surface area contributed by atoms with E-state index in [1.54, 1.807) is 13.8 Å². The van der Waals surface area contributed by atoms with Gasteiger partial charge < -0.3 is 30.6 Å². The standard InChI is InChI=1S/C18H24N2O6S/c1-9-17(25)13(5-23)11(3-21)15(19-9)7-27-8-16-12(4-22)14(6-24)18(26)10(2)20-16/h21-26H,3-8H2,1-2H3. The van der Waals surface area contributed by atoms with Crippen molar-refractivity contribution in [3.05, 3.63) is 45.0 Å². The van der Waals surface area contributed by atoms with E-state index in [9.17, 15) is 30.6 Å². The highest BCUT2D eigenvalue weighted by Gasteiger charge is 2.18. The van der Waals surface area contributed by atoms with Gasteiger partial charge in [-0.2, -0.15) is 0 Å². The molecule has 2 aromatic rings. The molecule has 0 aliphatic heterocycles. The Labute approximate surface area is 161 Å². The maximum Gasteiger partial charge on any atom is 0.142 e. The van der Waals surface area contributed by atoms with Gasteiger partial charge in [-0.1, -0.05) is 0 Å². The summed E-state index contributed by atoms with van der Waals surface area (Å²) < 4.78 is 0. The number of aliphatic hydroxyl groups excluding tert-OH is 4. The molecule has 0 saturated carbocycles. The SMILES string of the molecule is Cc1nc(CSCc2nc(C)c(O)c(CO)c2CO)c(CO)c(CO)c1O. The van der Waals surface area contributed by atoms with Crippen LogP contribution in [0.2, 0.25) is 0 Å². The van der Waals surface area contributed by atoms with Crippen LogP contribution in [0.5, 0.6) is 11.5 Å². The van der Waals surface area contributed by atoms with E-state index in [4.69, 9.17) is 0 Å². The van der Waals surface area contributed by atoms with Crippen molar-refractivity contribution < 1.29 is 30.6 Å². The molecule has 0 aliphatic rings. The van der Waals surface area contributed by atoms with Gasteiger partial charge in [0.2, 0.25) is 0 Å². The molecule has 0 aromatic carbocycles. The lowest BCUT2D eigenvalue weighted by atomic mass is 10.1. The van der Waals surface area contributed by atoms with Crippen molar-refractivity contribution in [1.82, 2.24) is 9.97 Å². The van der Waals surface area contributed by atoms with Crippen LogP contribution < -0.4 is 0 Å². The zero-order chi connectivity index (χ0) is 20.1. The topological polar surface area (TPSA) is 147 Å². The minimum absolute atomic E-state index is 0.124. The van der Waals surface area contributed by atoms with Gasteiger partial charge in [-0.3, -0.25) is 9.97 Å². The predicted octanol–water partition coefficient (Wildman–Crippen LogP) is 0.907. The fraction of sp³-hybridized carbons (Fsp3) is 0.444. The molecule has 0 radical (unpaired) electrons. The van der Waals surface area contributed by atoms with Gasteiger partial charge in [0.25, 0.3) is 0 Å². The number of hydrogen-bond acceptors (Lipinski definition) is 9. The third-order valence-corrected chi connectivity index (χ3v) is 5.35. The Morgan fingerprint density at radius 2 is 0.963 bits per heavy atom. The van der Waals surface area contributed by atoms with Crippen molar-refractivity contribution >= 4 is 11.8 Å². The molecule has 0 unspecified atom stereocenters. The maximum absolute atomic E-state index is 9.99. The van der Waals surface area contributed by atoms with Crippen LogP contribution >= 0.6 is 11.8 Å². The summed E-state index contributed by atoms with van der Waals surface area (Å²) in [6, 6.07) is 0. The number of thioether (sulfide) groups is 1. The Kier molecular flexibility index (Phi) is 7.40. The Hall–Kier alpha value is -1.91. The smallest absolute Gasteiger partial charge is 0.142 e. The molecular weight excluding hydrogens is 372 g/mol. The van der Waals surface area contributed by atoms with Gasteiger partial charge in [0, 0.05) is 33.8 Å². The zero-order valence-corrected chi connectivity index (χ0v) is 16.0. The monoisotopic (exact) mass is 396 g/mol. The van der Waals surface area contributed by atoms with Crippen LogP contribution in [0.3, 0.4) is 0 Å². The summed E-state index contributed by atoms with van der Waals surface area (Å²) in [6.07, 6.45) is 0. The molecule has 6 N–H and O–H groups in total. The average Bonchev–Trinajstić information content (AvgIpc) is 2.66. The molecule has 148 valence electrons. The van der Waals surface area contributed by atoms with E-state index in [0.717, 1.165) is 0 Å². The number of nitrogens with zero attached hydrogens (tertiary/aromatic N) is 2. The van der Waals surface area contributed by atoms with Crippen LogP contribution in [-0.4, -0.2) is 40.6 Å². The van der Waals surface area contributed by atoms with Crippen molar-refractivity contribution in [2.24, 2.45) is 0 Å². The average molecular weight is 396 g/mol. The molecule has 8 nitrogen and oxygen atoms in total. The van der Waals surface area contributed by atoms with Crippen LogP contribution in [-0.2, 0) is 37.9 Å². The van der Waals surface area contributed by atoms with E-state index in [1.807, 2.05) is 0 Å². The Bertz CT molecular complexity index is 761. The fourth-order valence-electron chi connectivity index (χ4n) is 2.91. The van der Waals surface area contributed by atoms with E-state index in [2.05, 4.69) is 9.97 Å². The summed E-state index contributed by atoms with van der Waals surface area (Å²) in [4.78, 5) is 8.60. The number of hydrogen-bond donors (Lipinski definition) is 6. The first-order chi connectivity index (χ1) is 12.9. The third-order valence-electron chi connectivity index (χ3n) is 4.40. The predicted molar refractivity (Wildman–Crippen MR) is 100.0 cm³/mol. The first-order valence-corrected chi connectivity index (χ1v) is 9.46. The summed E-state index contributed by atoms with van der Waals surface area (Å²) >= 11 is 1.41. The molecular formula is C18H24N2O6S. The number of pyridine rings is 2. The lowest BCUT2D eigenvalue weighted by Gasteiger charge is -2.16. The van der Waals surface area contributed by atoms with Crippen LogP contribution in [0, 0.1) is 13.8 Å². The molecule has 9 heteroatoms. The van der Waals surface area contributed by atoms with Crippen molar-refractivity contribution in [1.29, 1.82) is 0 Å². The van der Waals surface area contributed by atoms with Crippen LogP contribution in [0.15, 0.2) is 0 Å². The van der Waals surface area contributed by atoms with E-state index >= 15 is 0 Å². The van der Waals surface area contributed by atoms with Gasteiger partial charge in [-0.25, -0.2) is 0 Å². The van der Waals surface area contributed by atoms with E-state index < -0.39 is 13.2 Å². The van der Waals surface area contributed by atoms with Crippen molar-refractivity contribution in [2.45, 2.75) is 51.8 Å². The second-order valence-electron chi connectivity index (χ2n) is 6.02. The quantitative estimate of drug-likeness (QED) is 0.383. The second kappa shape index (κ2) is 9.34. The van der Waals surface area contributed by atoms with Crippen molar-refractivity contribution in [2.75, 3.05) is 0 Å². The van der Waals surface area contributed by atoms with Gasteiger partial charge >= 0.3 is 0 Å². The highest BCUT2D eigenvalue weighted by atomic mass is 32.2. The number of aryl methyl sites for hydroxylation is 2. The highest BCUT2D eigenvalue weighted by Crippen LogP contribution is 2.32. The molecule has 0 saturated heterocycles. The second-order valence-corrected chi connectivity index (χ2v) is 7.01. The first-order valence-electron chi connectivity index (χ1n) is 8.31. The lowest BCUT2D eigenvalue weighted by Crippen LogP contribution is -2.07. The normalized spacial score (nSPS) is 11.2. The molecule has 0 atom stereocenters. The van der Waals surface area contributed by atoms with Crippen LogP contribution in [0.1, 0.15) is 45.0 Å². The molecule has 0 spiro atoms. The molecule has 0 bridgehead atoms. The van der Waals surface area contributed by atoms with E-state index in [1.165, 1.54) is 11.8 Å². The van der Waals surface area contributed by atoms with Crippen molar-refractivity contribution in [3.8, 4) is 11.5 Å². The zero-order valence-electron chi connectivity index (χ0n) is 15.2. The minimum Gasteiger partial charge on any atom is -0.506 e. The summed E-state index contributed by atoms with van der Waals surface area (Å²) in [5.41, 5.74) is 3.13. The van der Waals surface area contributed by atoms with Gasteiger partial charge in [0.15, 0.2) is 0 Å². The molecule has 0 amide bonds. The molecule has 0 aliphatic carbocycles. The van der Waals surface area contributed by atoms with Gasteiger partial charge in [-0.05, 0) is 13.8 Å². The molecule has 2 rings (SSSR count). The van der Waals surface area contributed by atoms with Gasteiger partial charge in [0.05, 0.1) is 49.2 Å². The molecule has 2 aromatic heterocycles. The maximum atomic E-state index is 9.99. The summed E-state index contributed by atoms with van der Waals surface area (Å²) in [7, 11) is 0. The number of aromatic nitrogens is 2. The fourth-order valence-corrected chi connectivity index (χ4v) is 3.88. The Morgan fingerprint density at radius 3 is 1.26 bits per heavy atom. The molecule has 0 fully saturated rings. The Balaban J connectivity index is 2.27.